The van der Waals surface area contributed by atoms with Crippen molar-refractivity contribution in [3.05, 3.63) is 30.5 Å². The first-order valence-electron chi connectivity index (χ1n) is 5.40. The number of aliphatic hydroxyl groups is 1. The van der Waals surface area contributed by atoms with Gasteiger partial charge >= 0.3 is 0 Å². The molecule has 0 bridgehead atoms. The quantitative estimate of drug-likeness (QED) is 0.829. The van der Waals surface area contributed by atoms with Crippen LogP contribution in [0.1, 0.15) is 19.8 Å². The molecule has 1 atom stereocenters. The van der Waals surface area contributed by atoms with E-state index in [9.17, 15) is 5.11 Å². The Hall–Kier alpha value is -1.35. The fraction of sp³-hybridized carbons (Fsp3) is 0.417. The van der Waals surface area contributed by atoms with Crippen LogP contribution in [0, 0.1) is 0 Å². The average molecular weight is 204 g/mol. The van der Waals surface area contributed by atoms with Gasteiger partial charge in [-0.05, 0) is 12.5 Å². The summed E-state index contributed by atoms with van der Waals surface area (Å²) >= 11 is 0. The molecule has 1 N–H and O–H groups in total. The standard InChI is InChI=1S/C12H16N2O/c1-2-5-11(15)9-14-12-7-4-3-6-10(12)8-13-14/h3-4,6-8,11,15H,2,5,9H2,1H3. The Morgan fingerprint density at radius 1 is 1.40 bits per heavy atom. The first-order chi connectivity index (χ1) is 7.31. The lowest BCUT2D eigenvalue weighted by Crippen LogP contribution is -2.16. The van der Waals surface area contributed by atoms with E-state index in [1.54, 1.807) is 0 Å². The Morgan fingerprint density at radius 2 is 2.20 bits per heavy atom. The maximum absolute atomic E-state index is 9.72. The first kappa shape index (κ1) is 10.2. The summed E-state index contributed by atoms with van der Waals surface area (Å²) in [5, 5.41) is 15.1. The van der Waals surface area contributed by atoms with Gasteiger partial charge in [0.15, 0.2) is 0 Å². The third-order valence-electron chi connectivity index (χ3n) is 2.56. The Kier molecular flexibility index (Phi) is 3.02. The van der Waals surface area contributed by atoms with Crippen LogP contribution in [-0.4, -0.2) is 21.0 Å². The molecule has 1 aromatic heterocycles. The van der Waals surface area contributed by atoms with Crippen molar-refractivity contribution in [3.63, 3.8) is 0 Å². The van der Waals surface area contributed by atoms with Crippen LogP contribution in [0.4, 0.5) is 0 Å². The topological polar surface area (TPSA) is 38.0 Å². The second-order valence-corrected chi connectivity index (χ2v) is 3.83. The Morgan fingerprint density at radius 3 is 3.00 bits per heavy atom. The molecule has 2 rings (SSSR count). The smallest absolute Gasteiger partial charge is 0.0736 e. The summed E-state index contributed by atoms with van der Waals surface area (Å²) in [7, 11) is 0. The van der Waals surface area contributed by atoms with Crippen molar-refractivity contribution in [3.8, 4) is 0 Å². The van der Waals surface area contributed by atoms with Crippen molar-refractivity contribution >= 4 is 10.9 Å². The summed E-state index contributed by atoms with van der Waals surface area (Å²) in [4.78, 5) is 0. The molecule has 3 nitrogen and oxygen atoms in total. The van der Waals surface area contributed by atoms with Crippen LogP contribution in [-0.2, 0) is 6.54 Å². The van der Waals surface area contributed by atoms with E-state index in [0.29, 0.717) is 6.54 Å². The van der Waals surface area contributed by atoms with Crippen molar-refractivity contribution < 1.29 is 5.11 Å². The molecule has 0 fully saturated rings. The minimum Gasteiger partial charge on any atom is -0.391 e. The first-order valence-corrected chi connectivity index (χ1v) is 5.40. The largest absolute Gasteiger partial charge is 0.391 e. The third-order valence-corrected chi connectivity index (χ3v) is 2.56. The van der Waals surface area contributed by atoms with Gasteiger partial charge < -0.3 is 5.11 Å². The molecule has 3 heteroatoms. The maximum atomic E-state index is 9.72. The average Bonchev–Trinajstić information content (AvgIpc) is 2.62. The fourth-order valence-electron chi connectivity index (χ4n) is 1.80. The van der Waals surface area contributed by atoms with Gasteiger partial charge in [0.1, 0.15) is 0 Å². The maximum Gasteiger partial charge on any atom is 0.0736 e. The van der Waals surface area contributed by atoms with Gasteiger partial charge in [0.2, 0.25) is 0 Å². The SMILES string of the molecule is CCCC(O)Cn1ncc2ccccc21. The highest BCUT2D eigenvalue weighted by molar-refractivity contribution is 5.78. The van der Waals surface area contributed by atoms with Gasteiger partial charge in [0.05, 0.1) is 24.4 Å². The molecule has 1 heterocycles. The number of rotatable bonds is 4. The number of benzene rings is 1. The molecule has 15 heavy (non-hydrogen) atoms. The number of hydrogen-bond donors (Lipinski definition) is 1. The zero-order valence-electron chi connectivity index (χ0n) is 8.93. The summed E-state index contributed by atoms with van der Waals surface area (Å²) in [6.45, 7) is 2.66. The van der Waals surface area contributed by atoms with Gasteiger partial charge in [-0.2, -0.15) is 5.10 Å². The van der Waals surface area contributed by atoms with Crippen LogP contribution in [0.25, 0.3) is 10.9 Å². The highest BCUT2D eigenvalue weighted by Crippen LogP contribution is 2.13. The molecule has 0 amide bonds. The lowest BCUT2D eigenvalue weighted by atomic mass is 10.2. The van der Waals surface area contributed by atoms with Gasteiger partial charge in [0.25, 0.3) is 0 Å². The van der Waals surface area contributed by atoms with Crippen molar-refractivity contribution in [2.75, 3.05) is 0 Å². The van der Waals surface area contributed by atoms with Crippen LogP contribution in [0.2, 0.25) is 0 Å². The van der Waals surface area contributed by atoms with Crippen molar-refractivity contribution in [2.45, 2.75) is 32.4 Å². The zero-order chi connectivity index (χ0) is 10.7. The molecule has 0 aliphatic rings. The second kappa shape index (κ2) is 4.45. The lowest BCUT2D eigenvalue weighted by Gasteiger charge is -2.09. The van der Waals surface area contributed by atoms with Gasteiger partial charge in [0, 0.05) is 5.39 Å². The summed E-state index contributed by atoms with van der Waals surface area (Å²) in [6, 6.07) is 8.05. The second-order valence-electron chi connectivity index (χ2n) is 3.83. The molecule has 0 aliphatic heterocycles. The van der Waals surface area contributed by atoms with E-state index in [2.05, 4.69) is 12.0 Å². The molecule has 2 aromatic rings. The van der Waals surface area contributed by atoms with E-state index in [1.807, 2.05) is 35.1 Å². The third kappa shape index (κ3) is 2.18. The molecule has 0 aliphatic carbocycles. The Bertz CT molecular complexity index is 436. The molecule has 1 aromatic carbocycles. The highest BCUT2D eigenvalue weighted by Gasteiger charge is 2.07. The number of hydrogen-bond acceptors (Lipinski definition) is 2. The van der Waals surface area contributed by atoms with E-state index < -0.39 is 0 Å². The van der Waals surface area contributed by atoms with Crippen LogP contribution < -0.4 is 0 Å². The van der Waals surface area contributed by atoms with Crippen LogP contribution in [0.3, 0.4) is 0 Å². The molecule has 0 saturated carbocycles. The van der Waals surface area contributed by atoms with E-state index >= 15 is 0 Å². The monoisotopic (exact) mass is 204 g/mol. The molecule has 0 radical (unpaired) electrons. The van der Waals surface area contributed by atoms with Crippen molar-refractivity contribution in [1.82, 2.24) is 9.78 Å². The Balaban J connectivity index is 2.21. The number of para-hydroxylation sites is 1. The normalized spacial score (nSPS) is 13.2. The van der Waals surface area contributed by atoms with E-state index in [-0.39, 0.29) is 6.10 Å². The Labute approximate surface area is 89.3 Å². The molecule has 0 spiro atoms. The number of aromatic nitrogens is 2. The van der Waals surface area contributed by atoms with E-state index in [1.165, 1.54) is 0 Å². The van der Waals surface area contributed by atoms with Gasteiger partial charge in [-0.15, -0.1) is 0 Å². The summed E-state index contributed by atoms with van der Waals surface area (Å²) < 4.78 is 1.87. The molecular formula is C12H16N2O. The van der Waals surface area contributed by atoms with Crippen LogP contribution in [0.15, 0.2) is 30.5 Å². The predicted octanol–water partition coefficient (Wildman–Crippen LogP) is 2.20. The summed E-state index contributed by atoms with van der Waals surface area (Å²) in [5.41, 5.74) is 1.09. The van der Waals surface area contributed by atoms with E-state index in [0.717, 1.165) is 23.7 Å². The highest BCUT2D eigenvalue weighted by atomic mass is 16.3. The van der Waals surface area contributed by atoms with Crippen LogP contribution >= 0.6 is 0 Å². The minimum atomic E-state index is -0.293. The zero-order valence-corrected chi connectivity index (χ0v) is 8.93. The van der Waals surface area contributed by atoms with E-state index in [4.69, 9.17) is 0 Å². The van der Waals surface area contributed by atoms with Gasteiger partial charge in [-0.3, -0.25) is 4.68 Å². The van der Waals surface area contributed by atoms with Crippen LogP contribution in [0.5, 0.6) is 0 Å². The molecule has 80 valence electrons. The van der Waals surface area contributed by atoms with Gasteiger partial charge in [-0.1, -0.05) is 31.5 Å². The minimum absolute atomic E-state index is 0.293. The molecular weight excluding hydrogens is 188 g/mol. The summed E-state index contributed by atoms with van der Waals surface area (Å²) in [6.07, 6.45) is 3.38. The predicted molar refractivity (Wildman–Crippen MR) is 60.6 cm³/mol. The number of fused-ring (bicyclic) bond motifs is 1. The fourth-order valence-corrected chi connectivity index (χ4v) is 1.80. The molecule has 1 unspecified atom stereocenters. The molecule has 0 saturated heterocycles. The number of aliphatic hydroxyl groups excluding tert-OH is 1. The number of nitrogens with zero attached hydrogens (tertiary/aromatic N) is 2. The van der Waals surface area contributed by atoms with Gasteiger partial charge in [-0.25, -0.2) is 0 Å². The lowest BCUT2D eigenvalue weighted by molar-refractivity contribution is 0.140. The van der Waals surface area contributed by atoms with Crippen molar-refractivity contribution in [2.24, 2.45) is 0 Å². The summed E-state index contributed by atoms with van der Waals surface area (Å²) in [5.74, 6) is 0. The van der Waals surface area contributed by atoms with Crippen molar-refractivity contribution in [1.29, 1.82) is 0 Å².